The lowest BCUT2D eigenvalue weighted by atomic mass is 10.0. The van der Waals surface area contributed by atoms with Crippen LogP contribution in [0.4, 0.5) is 0 Å². The van der Waals surface area contributed by atoms with Crippen molar-refractivity contribution in [1.29, 1.82) is 0 Å². The van der Waals surface area contributed by atoms with Crippen LogP contribution in [0.1, 0.15) is 36.3 Å². The van der Waals surface area contributed by atoms with E-state index >= 15 is 0 Å². The molecule has 3 nitrogen and oxygen atoms in total. The monoisotopic (exact) mass is 243 g/mol. The summed E-state index contributed by atoms with van der Waals surface area (Å²) < 4.78 is 2.15. The fraction of sp³-hybridized carbons (Fsp3) is 0.400. The van der Waals surface area contributed by atoms with Gasteiger partial charge >= 0.3 is 5.97 Å². The molecule has 1 heterocycles. The smallest absolute Gasteiger partial charge is 0.303 e. The molecule has 3 rings (SSSR count). The topological polar surface area (TPSA) is 42.2 Å². The molecule has 1 aromatic carbocycles. The Morgan fingerprint density at radius 3 is 2.89 bits per heavy atom. The highest BCUT2D eigenvalue weighted by Gasteiger charge is 2.26. The largest absolute Gasteiger partial charge is 0.481 e. The molecule has 0 radical (unpaired) electrons. The quantitative estimate of drug-likeness (QED) is 0.896. The van der Waals surface area contributed by atoms with E-state index in [2.05, 4.69) is 36.0 Å². The van der Waals surface area contributed by atoms with Gasteiger partial charge in [-0.05, 0) is 36.3 Å². The molecule has 0 spiro atoms. The Morgan fingerprint density at radius 2 is 2.22 bits per heavy atom. The number of aliphatic carboxylic acids is 1. The van der Waals surface area contributed by atoms with Crippen LogP contribution >= 0.6 is 0 Å². The fourth-order valence-electron chi connectivity index (χ4n) is 2.75. The molecule has 0 saturated heterocycles. The molecule has 0 unspecified atom stereocenters. The van der Waals surface area contributed by atoms with Gasteiger partial charge in [0.1, 0.15) is 0 Å². The Kier molecular flexibility index (Phi) is 2.62. The van der Waals surface area contributed by atoms with Crippen LogP contribution in [0, 0.1) is 0 Å². The molecule has 2 aromatic rings. The molecule has 1 saturated carbocycles. The zero-order valence-electron chi connectivity index (χ0n) is 10.5. The summed E-state index contributed by atoms with van der Waals surface area (Å²) in [7, 11) is 2.05. The van der Waals surface area contributed by atoms with Crippen LogP contribution in [0.3, 0.4) is 0 Å². The lowest BCUT2D eigenvalue weighted by Crippen LogP contribution is -1.96. The van der Waals surface area contributed by atoms with E-state index in [1.54, 1.807) is 0 Å². The minimum atomic E-state index is -0.731. The summed E-state index contributed by atoms with van der Waals surface area (Å²) in [6.07, 6.45) is 5.47. The van der Waals surface area contributed by atoms with Gasteiger partial charge in [-0.1, -0.05) is 18.2 Å². The average molecular weight is 243 g/mol. The van der Waals surface area contributed by atoms with E-state index in [4.69, 9.17) is 5.11 Å². The molecule has 0 atom stereocenters. The minimum absolute atomic E-state index is 0.201. The summed E-state index contributed by atoms with van der Waals surface area (Å²) in [4.78, 5) is 10.7. The summed E-state index contributed by atoms with van der Waals surface area (Å²) in [5.41, 5.74) is 3.87. The number of fused-ring (bicyclic) bond motifs is 1. The second kappa shape index (κ2) is 4.16. The standard InChI is InChI=1S/C15H17NO2/c1-16-9-11(7-8-14(17)18)13-4-2-3-12(15(13)16)10-5-6-10/h2-4,9-10H,5-8H2,1H3,(H,17,18). The van der Waals surface area contributed by atoms with E-state index in [1.807, 2.05) is 0 Å². The van der Waals surface area contributed by atoms with Crippen LogP contribution < -0.4 is 0 Å². The number of rotatable bonds is 4. The number of nitrogens with zero attached hydrogens (tertiary/aromatic N) is 1. The number of benzene rings is 1. The van der Waals surface area contributed by atoms with Crippen molar-refractivity contribution in [3.05, 3.63) is 35.5 Å². The van der Waals surface area contributed by atoms with Gasteiger partial charge in [-0.2, -0.15) is 0 Å². The molecule has 18 heavy (non-hydrogen) atoms. The Labute approximate surface area is 106 Å². The maximum atomic E-state index is 10.7. The Morgan fingerprint density at radius 1 is 1.44 bits per heavy atom. The van der Waals surface area contributed by atoms with E-state index in [0.717, 1.165) is 11.5 Å². The highest BCUT2D eigenvalue weighted by Crippen LogP contribution is 2.43. The Hall–Kier alpha value is -1.77. The predicted octanol–water partition coefficient (Wildman–Crippen LogP) is 3.07. The predicted molar refractivity (Wildman–Crippen MR) is 70.9 cm³/mol. The first-order chi connectivity index (χ1) is 8.66. The summed E-state index contributed by atoms with van der Waals surface area (Å²) in [5.74, 6) is -0.0139. The SMILES string of the molecule is Cn1cc(CCC(=O)O)c2cccc(C3CC3)c21. The minimum Gasteiger partial charge on any atom is -0.481 e. The summed E-state index contributed by atoms with van der Waals surface area (Å²) in [6, 6.07) is 6.42. The second-order valence-corrected chi connectivity index (χ2v) is 5.18. The number of hydrogen-bond acceptors (Lipinski definition) is 1. The number of hydrogen-bond donors (Lipinski definition) is 1. The van der Waals surface area contributed by atoms with Gasteiger partial charge in [-0.3, -0.25) is 4.79 Å². The Balaban J connectivity index is 2.06. The van der Waals surface area contributed by atoms with Crippen molar-refractivity contribution in [2.24, 2.45) is 7.05 Å². The van der Waals surface area contributed by atoms with E-state index in [1.165, 1.54) is 29.3 Å². The van der Waals surface area contributed by atoms with Crippen LogP contribution in [0.25, 0.3) is 10.9 Å². The molecule has 1 N–H and O–H groups in total. The van der Waals surface area contributed by atoms with Crippen molar-refractivity contribution in [2.45, 2.75) is 31.6 Å². The maximum absolute atomic E-state index is 10.7. The van der Waals surface area contributed by atoms with Crippen LogP contribution in [0.15, 0.2) is 24.4 Å². The summed E-state index contributed by atoms with van der Waals surface area (Å²) >= 11 is 0. The molecule has 1 aliphatic carbocycles. The summed E-state index contributed by atoms with van der Waals surface area (Å²) in [5, 5.41) is 10.0. The van der Waals surface area contributed by atoms with Gasteiger partial charge in [0.25, 0.3) is 0 Å². The van der Waals surface area contributed by atoms with Gasteiger partial charge in [0, 0.05) is 25.1 Å². The van der Waals surface area contributed by atoms with E-state index in [-0.39, 0.29) is 6.42 Å². The third-order valence-corrected chi connectivity index (χ3v) is 3.74. The molecule has 94 valence electrons. The Bertz CT molecular complexity index is 608. The van der Waals surface area contributed by atoms with Crippen LogP contribution in [-0.4, -0.2) is 15.6 Å². The zero-order chi connectivity index (χ0) is 12.7. The molecule has 3 heteroatoms. The number of aromatic nitrogens is 1. The second-order valence-electron chi connectivity index (χ2n) is 5.18. The van der Waals surface area contributed by atoms with Gasteiger partial charge < -0.3 is 9.67 Å². The maximum Gasteiger partial charge on any atom is 0.303 e. The lowest BCUT2D eigenvalue weighted by Gasteiger charge is -2.04. The normalized spacial score (nSPS) is 15.2. The molecular weight excluding hydrogens is 226 g/mol. The molecule has 0 amide bonds. The third-order valence-electron chi connectivity index (χ3n) is 3.74. The number of carbonyl (C=O) groups is 1. The van der Waals surface area contributed by atoms with Crippen molar-refractivity contribution in [3.8, 4) is 0 Å². The highest BCUT2D eigenvalue weighted by atomic mass is 16.4. The lowest BCUT2D eigenvalue weighted by molar-refractivity contribution is -0.136. The first kappa shape index (κ1) is 11.3. The molecule has 1 fully saturated rings. The van der Waals surface area contributed by atoms with Crippen LogP contribution in [-0.2, 0) is 18.3 Å². The number of carboxylic acid groups (broad SMARTS) is 1. The van der Waals surface area contributed by atoms with Gasteiger partial charge in [0.2, 0.25) is 0 Å². The number of aryl methyl sites for hydroxylation is 2. The molecule has 1 aromatic heterocycles. The molecule has 0 aliphatic heterocycles. The van der Waals surface area contributed by atoms with Gasteiger partial charge in [-0.25, -0.2) is 0 Å². The van der Waals surface area contributed by atoms with Gasteiger partial charge in [0.15, 0.2) is 0 Å². The molecular formula is C15H17NO2. The van der Waals surface area contributed by atoms with Gasteiger partial charge in [-0.15, -0.1) is 0 Å². The van der Waals surface area contributed by atoms with Crippen molar-refractivity contribution in [2.75, 3.05) is 0 Å². The first-order valence-corrected chi connectivity index (χ1v) is 6.45. The fourth-order valence-corrected chi connectivity index (χ4v) is 2.75. The third kappa shape index (κ3) is 1.90. The van der Waals surface area contributed by atoms with Gasteiger partial charge in [0.05, 0.1) is 5.52 Å². The van der Waals surface area contributed by atoms with Crippen molar-refractivity contribution >= 4 is 16.9 Å². The highest BCUT2D eigenvalue weighted by molar-refractivity contribution is 5.88. The van der Waals surface area contributed by atoms with E-state index in [9.17, 15) is 4.79 Å². The van der Waals surface area contributed by atoms with Crippen molar-refractivity contribution < 1.29 is 9.90 Å². The average Bonchev–Trinajstić information content (AvgIpc) is 3.13. The summed E-state index contributed by atoms with van der Waals surface area (Å²) in [6.45, 7) is 0. The van der Waals surface area contributed by atoms with Crippen molar-refractivity contribution in [3.63, 3.8) is 0 Å². The van der Waals surface area contributed by atoms with E-state index < -0.39 is 5.97 Å². The number of carboxylic acids is 1. The zero-order valence-corrected chi connectivity index (χ0v) is 10.5. The van der Waals surface area contributed by atoms with Crippen molar-refractivity contribution in [1.82, 2.24) is 4.57 Å². The number of para-hydroxylation sites is 1. The molecule has 0 bridgehead atoms. The van der Waals surface area contributed by atoms with Crippen LogP contribution in [0.5, 0.6) is 0 Å². The first-order valence-electron chi connectivity index (χ1n) is 6.45. The van der Waals surface area contributed by atoms with Crippen LogP contribution in [0.2, 0.25) is 0 Å². The molecule has 1 aliphatic rings. The van der Waals surface area contributed by atoms with E-state index in [0.29, 0.717) is 6.42 Å².